The fraction of sp³-hybridized carbons (Fsp3) is 0.556. The number of aromatic nitrogens is 2. The molecule has 1 aromatic carbocycles. The first-order chi connectivity index (χ1) is 10.6. The summed E-state index contributed by atoms with van der Waals surface area (Å²) < 4.78 is 0. The molecule has 1 atom stereocenters. The molecule has 0 saturated carbocycles. The third-order valence-electron chi connectivity index (χ3n) is 4.10. The van der Waals surface area contributed by atoms with Crippen molar-refractivity contribution in [3.8, 4) is 0 Å². The number of nitrogens with zero attached hydrogens (tertiary/aromatic N) is 3. The summed E-state index contributed by atoms with van der Waals surface area (Å²) in [5.74, 6) is 1.77. The summed E-state index contributed by atoms with van der Waals surface area (Å²) in [6, 6.07) is 8.59. The minimum absolute atomic E-state index is 0.410. The van der Waals surface area contributed by atoms with Gasteiger partial charge in [0.2, 0.25) is 0 Å². The van der Waals surface area contributed by atoms with Crippen LogP contribution in [0.3, 0.4) is 0 Å². The molecule has 2 rings (SSSR count). The molecule has 1 heterocycles. The first-order valence-corrected chi connectivity index (χ1v) is 8.36. The summed E-state index contributed by atoms with van der Waals surface area (Å²) in [5.41, 5.74) is 1.01. The average Bonchev–Trinajstić information content (AvgIpc) is 2.51. The van der Waals surface area contributed by atoms with Crippen LogP contribution in [0.25, 0.3) is 10.9 Å². The monoisotopic (exact) mass is 300 g/mol. The Bertz CT molecular complexity index is 593. The summed E-state index contributed by atoms with van der Waals surface area (Å²) in [5, 5.41) is 4.67. The van der Waals surface area contributed by atoms with E-state index in [1.807, 2.05) is 25.1 Å². The number of hydrogen-bond acceptors (Lipinski definition) is 4. The summed E-state index contributed by atoms with van der Waals surface area (Å²) in [4.78, 5) is 11.5. The third-order valence-corrected chi connectivity index (χ3v) is 4.10. The third kappa shape index (κ3) is 4.41. The van der Waals surface area contributed by atoms with Gasteiger partial charge >= 0.3 is 0 Å². The Balaban J connectivity index is 1.98. The minimum atomic E-state index is 0.410. The van der Waals surface area contributed by atoms with Crippen LogP contribution in [0.15, 0.2) is 24.3 Å². The molecule has 1 N–H and O–H groups in total. The van der Waals surface area contributed by atoms with E-state index in [4.69, 9.17) is 0 Å². The van der Waals surface area contributed by atoms with Gasteiger partial charge in [0, 0.05) is 11.4 Å². The zero-order valence-corrected chi connectivity index (χ0v) is 14.3. The van der Waals surface area contributed by atoms with E-state index in [1.54, 1.807) is 0 Å². The molecule has 0 bridgehead atoms. The van der Waals surface area contributed by atoms with Crippen LogP contribution in [0.2, 0.25) is 0 Å². The van der Waals surface area contributed by atoms with Crippen LogP contribution in [0, 0.1) is 6.92 Å². The molecular formula is C18H28N4. The standard InChI is InChI=1S/C18H28N4/c1-5-22(6-2)13-9-10-14(3)19-18-16-11-7-8-12-17(16)20-15(4)21-18/h7-8,11-12,14H,5-6,9-10,13H2,1-4H3,(H,19,20,21). The van der Waals surface area contributed by atoms with Gasteiger partial charge in [-0.2, -0.15) is 0 Å². The van der Waals surface area contributed by atoms with Crippen molar-refractivity contribution in [1.29, 1.82) is 0 Å². The molecule has 0 aliphatic carbocycles. The second kappa shape index (κ2) is 8.08. The van der Waals surface area contributed by atoms with E-state index in [0.29, 0.717) is 6.04 Å². The maximum atomic E-state index is 4.58. The molecule has 2 aromatic rings. The van der Waals surface area contributed by atoms with Crippen molar-refractivity contribution in [2.75, 3.05) is 25.0 Å². The molecule has 0 aliphatic heterocycles. The number of anilines is 1. The molecular weight excluding hydrogens is 272 g/mol. The van der Waals surface area contributed by atoms with Crippen LogP contribution >= 0.6 is 0 Å². The lowest BCUT2D eigenvalue weighted by atomic mass is 10.1. The van der Waals surface area contributed by atoms with Gasteiger partial charge in [0.15, 0.2) is 0 Å². The van der Waals surface area contributed by atoms with Gasteiger partial charge in [-0.25, -0.2) is 9.97 Å². The fourth-order valence-corrected chi connectivity index (χ4v) is 2.77. The Morgan fingerprint density at radius 3 is 2.59 bits per heavy atom. The van der Waals surface area contributed by atoms with E-state index in [9.17, 15) is 0 Å². The van der Waals surface area contributed by atoms with Crippen molar-refractivity contribution < 1.29 is 0 Å². The molecule has 0 radical (unpaired) electrons. The van der Waals surface area contributed by atoms with Crippen molar-refractivity contribution in [1.82, 2.24) is 14.9 Å². The van der Waals surface area contributed by atoms with E-state index in [1.165, 1.54) is 13.0 Å². The quantitative estimate of drug-likeness (QED) is 0.803. The van der Waals surface area contributed by atoms with E-state index < -0.39 is 0 Å². The lowest BCUT2D eigenvalue weighted by Gasteiger charge is -2.20. The van der Waals surface area contributed by atoms with Gasteiger partial charge in [-0.15, -0.1) is 0 Å². The highest BCUT2D eigenvalue weighted by Crippen LogP contribution is 2.21. The second-order valence-electron chi connectivity index (χ2n) is 5.85. The Kier molecular flexibility index (Phi) is 6.13. The highest BCUT2D eigenvalue weighted by Gasteiger charge is 2.09. The first-order valence-electron chi connectivity index (χ1n) is 8.36. The Labute approximate surface area is 134 Å². The number of nitrogens with one attached hydrogen (secondary N) is 1. The van der Waals surface area contributed by atoms with Crippen LogP contribution in [0.5, 0.6) is 0 Å². The van der Waals surface area contributed by atoms with Crippen molar-refractivity contribution in [3.63, 3.8) is 0 Å². The fourth-order valence-electron chi connectivity index (χ4n) is 2.77. The average molecular weight is 300 g/mol. The predicted octanol–water partition coefficient (Wildman–Crippen LogP) is 3.86. The molecule has 4 heteroatoms. The number of para-hydroxylation sites is 1. The van der Waals surface area contributed by atoms with Gasteiger partial charge in [0.05, 0.1) is 5.52 Å². The van der Waals surface area contributed by atoms with Crippen molar-refractivity contribution >= 4 is 16.7 Å². The maximum Gasteiger partial charge on any atom is 0.137 e. The van der Waals surface area contributed by atoms with Crippen molar-refractivity contribution in [2.45, 2.75) is 46.6 Å². The van der Waals surface area contributed by atoms with Crippen molar-refractivity contribution in [3.05, 3.63) is 30.1 Å². The van der Waals surface area contributed by atoms with E-state index in [-0.39, 0.29) is 0 Å². The molecule has 0 amide bonds. The number of aryl methyl sites for hydroxylation is 1. The van der Waals surface area contributed by atoms with Gasteiger partial charge in [-0.05, 0) is 58.5 Å². The summed E-state index contributed by atoms with van der Waals surface area (Å²) >= 11 is 0. The number of hydrogen-bond donors (Lipinski definition) is 1. The molecule has 1 aromatic heterocycles. The summed E-state index contributed by atoms with van der Waals surface area (Å²) in [7, 11) is 0. The predicted molar refractivity (Wildman–Crippen MR) is 94.4 cm³/mol. The second-order valence-corrected chi connectivity index (χ2v) is 5.85. The first kappa shape index (κ1) is 16.7. The molecule has 0 aliphatic rings. The Hall–Kier alpha value is -1.68. The molecule has 0 saturated heterocycles. The smallest absolute Gasteiger partial charge is 0.137 e. The molecule has 0 spiro atoms. The van der Waals surface area contributed by atoms with Crippen LogP contribution in [-0.4, -0.2) is 40.5 Å². The molecule has 4 nitrogen and oxygen atoms in total. The van der Waals surface area contributed by atoms with Crippen LogP contribution in [-0.2, 0) is 0 Å². The van der Waals surface area contributed by atoms with E-state index in [0.717, 1.165) is 42.1 Å². The van der Waals surface area contributed by atoms with Crippen LogP contribution in [0.1, 0.15) is 39.4 Å². The molecule has 0 fully saturated rings. The van der Waals surface area contributed by atoms with Gasteiger partial charge in [-0.3, -0.25) is 0 Å². The van der Waals surface area contributed by atoms with Gasteiger partial charge in [-0.1, -0.05) is 26.0 Å². The number of benzene rings is 1. The summed E-state index contributed by atoms with van der Waals surface area (Å²) in [6.45, 7) is 12.1. The SMILES string of the molecule is CCN(CC)CCCC(C)Nc1nc(C)nc2ccccc12. The minimum Gasteiger partial charge on any atom is -0.367 e. The Morgan fingerprint density at radius 1 is 1.14 bits per heavy atom. The molecule has 22 heavy (non-hydrogen) atoms. The largest absolute Gasteiger partial charge is 0.367 e. The van der Waals surface area contributed by atoms with Crippen LogP contribution in [0.4, 0.5) is 5.82 Å². The van der Waals surface area contributed by atoms with Gasteiger partial charge in [0.25, 0.3) is 0 Å². The number of rotatable bonds is 8. The summed E-state index contributed by atoms with van der Waals surface area (Å²) in [6.07, 6.45) is 2.35. The van der Waals surface area contributed by atoms with E-state index in [2.05, 4.69) is 47.0 Å². The zero-order chi connectivity index (χ0) is 15.9. The Morgan fingerprint density at radius 2 is 1.86 bits per heavy atom. The topological polar surface area (TPSA) is 41.0 Å². The van der Waals surface area contributed by atoms with Crippen LogP contribution < -0.4 is 5.32 Å². The van der Waals surface area contributed by atoms with Crippen molar-refractivity contribution in [2.24, 2.45) is 0 Å². The van der Waals surface area contributed by atoms with Gasteiger partial charge < -0.3 is 10.2 Å². The normalized spacial score (nSPS) is 12.8. The number of fused-ring (bicyclic) bond motifs is 1. The highest BCUT2D eigenvalue weighted by molar-refractivity contribution is 5.89. The van der Waals surface area contributed by atoms with E-state index >= 15 is 0 Å². The maximum absolute atomic E-state index is 4.58. The van der Waals surface area contributed by atoms with Gasteiger partial charge in [0.1, 0.15) is 11.6 Å². The molecule has 120 valence electrons. The molecule has 1 unspecified atom stereocenters. The lowest BCUT2D eigenvalue weighted by Crippen LogP contribution is -2.25. The highest BCUT2D eigenvalue weighted by atomic mass is 15.1. The zero-order valence-electron chi connectivity index (χ0n) is 14.3. The lowest BCUT2D eigenvalue weighted by molar-refractivity contribution is 0.295.